The van der Waals surface area contributed by atoms with Gasteiger partial charge >= 0.3 is 0 Å². The first-order valence-electron chi connectivity index (χ1n) is 6.07. The molecule has 2 aromatic rings. The number of aryl methyl sites for hydroxylation is 1. The fourth-order valence-electron chi connectivity index (χ4n) is 2.26. The molecule has 0 aliphatic heterocycles. The molecule has 0 spiro atoms. The maximum absolute atomic E-state index is 11.1. The van der Waals surface area contributed by atoms with E-state index in [4.69, 9.17) is 5.73 Å². The molecule has 0 atom stereocenters. The highest BCUT2D eigenvalue weighted by atomic mass is 16.3. The number of aliphatic hydroxyl groups is 1. The summed E-state index contributed by atoms with van der Waals surface area (Å²) in [6, 6.07) is 5.56. The van der Waals surface area contributed by atoms with E-state index in [1.807, 2.05) is 25.1 Å². The van der Waals surface area contributed by atoms with Crippen LogP contribution in [0.5, 0.6) is 0 Å². The molecule has 0 unspecified atom stereocenters. The third-order valence-electron chi connectivity index (χ3n) is 3.32. The van der Waals surface area contributed by atoms with E-state index in [0.717, 1.165) is 28.8 Å². The van der Waals surface area contributed by atoms with E-state index in [1.54, 1.807) is 11.6 Å². The molecule has 0 saturated heterocycles. The second kappa shape index (κ2) is 5.34. The van der Waals surface area contributed by atoms with Crippen molar-refractivity contribution in [3.05, 3.63) is 46.3 Å². The fourth-order valence-corrected chi connectivity index (χ4v) is 2.26. The SMILES string of the molecule is Cc1nn(-c2cccc(CO)c2CN)c(C)c1C=O. The number of aliphatic hydroxyl groups excluding tert-OH is 1. The standard InChI is InChI=1S/C14H17N3O2/c1-9-13(8-19)10(2)17(16-9)14-5-3-4-11(7-18)12(14)6-15/h3-5,8,18H,6-7,15H2,1-2H3. The van der Waals surface area contributed by atoms with Crippen molar-refractivity contribution >= 4 is 6.29 Å². The number of carbonyl (C=O) groups is 1. The Kier molecular flexibility index (Phi) is 3.78. The van der Waals surface area contributed by atoms with Gasteiger partial charge in [-0.3, -0.25) is 4.79 Å². The predicted octanol–water partition coefficient (Wildman–Crippen LogP) is 1.25. The van der Waals surface area contributed by atoms with E-state index in [-0.39, 0.29) is 6.61 Å². The number of hydrogen-bond acceptors (Lipinski definition) is 4. The lowest BCUT2D eigenvalue weighted by Gasteiger charge is -2.13. The van der Waals surface area contributed by atoms with Crippen LogP contribution in [-0.4, -0.2) is 21.2 Å². The Morgan fingerprint density at radius 3 is 2.68 bits per heavy atom. The van der Waals surface area contributed by atoms with Crippen LogP contribution in [-0.2, 0) is 13.2 Å². The van der Waals surface area contributed by atoms with Crippen molar-refractivity contribution in [1.82, 2.24) is 9.78 Å². The zero-order chi connectivity index (χ0) is 14.0. The molecular formula is C14H17N3O2. The van der Waals surface area contributed by atoms with Gasteiger partial charge in [-0.25, -0.2) is 4.68 Å². The summed E-state index contributed by atoms with van der Waals surface area (Å²) in [4.78, 5) is 11.1. The molecule has 0 fully saturated rings. The molecule has 0 amide bonds. The number of aldehydes is 1. The van der Waals surface area contributed by atoms with Gasteiger partial charge < -0.3 is 10.8 Å². The molecule has 5 nitrogen and oxygen atoms in total. The molecule has 100 valence electrons. The summed E-state index contributed by atoms with van der Waals surface area (Å²) < 4.78 is 1.71. The number of carbonyl (C=O) groups excluding carboxylic acids is 1. The Balaban J connectivity index is 2.69. The summed E-state index contributed by atoms with van der Waals surface area (Å²) in [5, 5.41) is 13.7. The van der Waals surface area contributed by atoms with Gasteiger partial charge in [0.05, 0.1) is 29.2 Å². The maximum atomic E-state index is 11.1. The van der Waals surface area contributed by atoms with Crippen molar-refractivity contribution in [3.8, 4) is 5.69 Å². The van der Waals surface area contributed by atoms with Gasteiger partial charge in [0.2, 0.25) is 0 Å². The Morgan fingerprint density at radius 1 is 1.42 bits per heavy atom. The van der Waals surface area contributed by atoms with Gasteiger partial charge in [0.15, 0.2) is 6.29 Å². The van der Waals surface area contributed by atoms with Crippen molar-refractivity contribution < 1.29 is 9.90 Å². The van der Waals surface area contributed by atoms with Crippen molar-refractivity contribution in [1.29, 1.82) is 0 Å². The Labute approximate surface area is 111 Å². The number of nitrogens with two attached hydrogens (primary N) is 1. The molecular weight excluding hydrogens is 242 g/mol. The molecule has 1 aromatic carbocycles. The van der Waals surface area contributed by atoms with Crippen LogP contribution in [0.3, 0.4) is 0 Å². The Hall–Kier alpha value is -1.98. The number of benzene rings is 1. The van der Waals surface area contributed by atoms with Gasteiger partial charge in [-0.15, -0.1) is 0 Å². The highest BCUT2D eigenvalue weighted by molar-refractivity contribution is 5.78. The smallest absolute Gasteiger partial charge is 0.153 e. The lowest BCUT2D eigenvalue weighted by atomic mass is 10.1. The molecule has 0 aliphatic carbocycles. The Morgan fingerprint density at radius 2 is 2.16 bits per heavy atom. The van der Waals surface area contributed by atoms with E-state index in [2.05, 4.69) is 5.10 Å². The van der Waals surface area contributed by atoms with E-state index >= 15 is 0 Å². The van der Waals surface area contributed by atoms with Crippen LogP contribution < -0.4 is 5.73 Å². The minimum absolute atomic E-state index is 0.0692. The summed E-state index contributed by atoms with van der Waals surface area (Å²) >= 11 is 0. The van der Waals surface area contributed by atoms with Gasteiger partial charge in [-0.2, -0.15) is 5.10 Å². The highest BCUT2D eigenvalue weighted by Crippen LogP contribution is 2.22. The topological polar surface area (TPSA) is 81.1 Å². The first kappa shape index (κ1) is 13.5. The first-order valence-corrected chi connectivity index (χ1v) is 6.07. The van der Waals surface area contributed by atoms with Crippen molar-refractivity contribution in [2.45, 2.75) is 27.0 Å². The molecule has 0 aliphatic rings. The first-order chi connectivity index (χ1) is 9.13. The molecule has 19 heavy (non-hydrogen) atoms. The molecule has 1 heterocycles. The molecule has 0 bridgehead atoms. The monoisotopic (exact) mass is 259 g/mol. The van der Waals surface area contributed by atoms with Crippen molar-refractivity contribution in [2.75, 3.05) is 0 Å². The van der Waals surface area contributed by atoms with Gasteiger partial charge in [0.25, 0.3) is 0 Å². The second-order valence-corrected chi connectivity index (χ2v) is 4.39. The largest absolute Gasteiger partial charge is 0.392 e. The van der Waals surface area contributed by atoms with Crippen LogP contribution in [0.15, 0.2) is 18.2 Å². The van der Waals surface area contributed by atoms with Gasteiger partial charge in [-0.1, -0.05) is 12.1 Å². The summed E-state index contributed by atoms with van der Waals surface area (Å²) in [5.74, 6) is 0. The zero-order valence-electron chi connectivity index (χ0n) is 11.1. The van der Waals surface area contributed by atoms with Crippen LogP contribution in [0.4, 0.5) is 0 Å². The van der Waals surface area contributed by atoms with Crippen LogP contribution in [0.1, 0.15) is 32.9 Å². The molecule has 0 saturated carbocycles. The fraction of sp³-hybridized carbons (Fsp3) is 0.286. The number of nitrogens with zero attached hydrogens (tertiary/aromatic N) is 2. The van der Waals surface area contributed by atoms with Gasteiger partial charge in [0.1, 0.15) is 0 Å². The van der Waals surface area contributed by atoms with Crippen LogP contribution in [0, 0.1) is 13.8 Å². The normalized spacial score (nSPS) is 10.7. The second-order valence-electron chi connectivity index (χ2n) is 4.39. The quantitative estimate of drug-likeness (QED) is 0.810. The van der Waals surface area contributed by atoms with Gasteiger partial charge in [0, 0.05) is 6.54 Å². The lowest BCUT2D eigenvalue weighted by molar-refractivity contribution is 0.112. The third kappa shape index (κ3) is 2.18. The van der Waals surface area contributed by atoms with E-state index in [1.165, 1.54) is 0 Å². The molecule has 2 rings (SSSR count). The van der Waals surface area contributed by atoms with Gasteiger partial charge in [-0.05, 0) is 31.0 Å². The van der Waals surface area contributed by atoms with E-state index in [9.17, 15) is 9.90 Å². The molecule has 3 N–H and O–H groups in total. The van der Waals surface area contributed by atoms with Crippen LogP contribution in [0.25, 0.3) is 5.69 Å². The average molecular weight is 259 g/mol. The third-order valence-corrected chi connectivity index (χ3v) is 3.32. The zero-order valence-corrected chi connectivity index (χ0v) is 11.1. The van der Waals surface area contributed by atoms with E-state index in [0.29, 0.717) is 17.8 Å². The Bertz CT molecular complexity index is 617. The van der Waals surface area contributed by atoms with Crippen LogP contribution in [0.2, 0.25) is 0 Å². The number of hydrogen-bond donors (Lipinski definition) is 2. The minimum Gasteiger partial charge on any atom is -0.392 e. The minimum atomic E-state index is -0.0692. The van der Waals surface area contributed by atoms with Crippen LogP contribution >= 0.6 is 0 Å². The summed E-state index contributed by atoms with van der Waals surface area (Å²) in [6.07, 6.45) is 0.812. The maximum Gasteiger partial charge on any atom is 0.153 e. The lowest BCUT2D eigenvalue weighted by Crippen LogP contribution is -2.10. The average Bonchev–Trinajstić information content (AvgIpc) is 2.72. The molecule has 0 radical (unpaired) electrons. The summed E-state index contributed by atoms with van der Waals surface area (Å²) in [5.41, 5.74) is 10.3. The number of rotatable bonds is 4. The van der Waals surface area contributed by atoms with E-state index < -0.39 is 0 Å². The summed E-state index contributed by atoms with van der Waals surface area (Å²) in [7, 11) is 0. The summed E-state index contributed by atoms with van der Waals surface area (Å²) in [6.45, 7) is 3.88. The predicted molar refractivity (Wildman–Crippen MR) is 72.2 cm³/mol. The molecule has 5 heteroatoms. The number of aromatic nitrogens is 2. The molecule has 1 aromatic heterocycles. The highest BCUT2D eigenvalue weighted by Gasteiger charge is 2.15. The van der Waals surface area contributed by atoms with Crippen molar-refractivity contribution in [2.24, 2.45) is 5.73 Å². The van der Waals surface area contributed by atoms with Crippen molar-refractivity contribution in [3.63, 3.8) is 0 Å².